The number of carbonyl (C=O) groups excluding carboxylic acids is 1. The van der Waals surface area contributed by atoms with Gasteiger partial charge in [-0.1, -0.05) is 58.4 Å². The molecule has 4 heteroatoms. The van der Waals surface area contributed by atoms with Crippen molar-refractivity contribution in [2.75, 3.05) is 23.9 Å². The minimum atomic E-state index is -0.0237. The lowest BCUT2D eigenvalue weighted by atomic mass is 10.1. The second kappa shape index (κ2) is 8.10. The minimum Gasteiger partial charge on any atom is -0.378 e. The Morgan fingerprint density at radius 1 is 0.862 bits per heavy atom. The molecule has 0 saturated heterocycles. The lowest BCUT2D eigenvalue weighted by molar-refractivity contribution is -0.113. The number of nitrogens with zero attached hydrogens (tertiary/aromatic N) is 2. The van der Waals surface area contributed by atoms with Crippen LogP contribution in [0, 0.1) is 0 Å². The Balaban J connectivity index is 1.78. The average molecular weight is 445 g/mol. The summed E-state index contributed by atoms with van der Waals surface area (Å²) in [4.78, 5) is 17.2. The summed E-state index contributed by atoms with van der Waals surface area (Å²) in [6.07, 6.45) is 3.91. The molecule has 3 nitrogen and oxygen atoms in total. The highest BCUT2D eigenvalue weighted by Gasteiger charge is 2.30. The molecule has 29 heavy (non-hydrogen) atoms. The second-order valence-corrected chi connectivity index (χ2v) is 8.01. The van der Waals surface area contributed by atoms with Gasteiger partial charge in [-0.05, 0) is 59.7 Å². The highest BCUT2D eigenvalue weighted by atomic mass is 79.9. The van der Waals surface area contributed by atoms with Gasteiger partial charge in [0.2, 0.25) is 0 Å². The lowest BCUT2D eigenvalue weighted by Crippen LogP contribution is -2.25. The van der Waals surface area contributed by atoms with Gasteiger partial charge in [-0.3, -0.25) is 9.69 Å². The summed E-state index contributed by atoms with van der Waals surface area (Å²) in [5, 5.41) is 0. The van der Waals surface area contributed by atoms with E-state index in [-0.39, 0.29) is 5.91 Å². The van der Waals surface area contributed by atoms with E-state index in [0.29, 0.717) is 5.57 Å². The number of amides is 1. The fourth-order valence-corrected chi connectivity index (χ4v) is 3.60. The summed E-state index contributed by atoms with van der Waals surface area (Å²) in [6, 6.07) is 26.0. The Labute approximate surface area is 179 Å². The molecular weight excluding hydrogens is 424 g/mol. The number of benzene rings is 3. The molecule has 0 radical (unpaired) electrons. The van der Waals surface area contributed by atoms with E-state index in [1.807, 2.05) is 110 Å². The highest BCUT2D eigenvalue weighted by molar-refractivity contribution is 9.10. The van der Waals surface area contributed by atoms with Crippen LogP contribution in [0.5, 0.6) is 0 Å². The van der Waals surface area contributed by atoms with Crippen LogP contribution in [0.3, 0.4) is 0 Å². The molecule has 1 heterocycles. The molecule has 0 N–H and O–H groups in total. The molecule has 4 rings (SSSR count). The summed E-state index contributed by atoms with van der Waals surface area (Å²) >= 11 is 3.45. The lowest BCUT2D eigenvalue weighted by Gasteiger charge is -2.22. The maximum Gasteiger partial charge on any atom is 0.262 e. The summed E-state index contributed by atoms with van der Waals surface area (Å²) < 4.78 is 1.01. The van der Waals surface area contributed by atoms with E-state index in [0.717, 1.165) is 32.7 Å². The predicted octanol–water partition coefficient (Wildman–Crippen LogP) is 5.99. The normalized spacial score (nSPS) is 15.0. The van der Waals surface area contributed by atoms with Gasteiger partial charge in [0.05, 0.1) is 5.70 Å². The minimum absolute atomic E-state index is 0.0237. The fourth-order valence-electron chi connectivity index (χ4n) is 3.33. The monoisotopic (exact) mass is 444 g/mol. The molecule has 0 bridgehead atoms. The maximum atomic E-state index is 13.4. The number of halogens is 1. The van der Waals surface area contributed by atoms with E-state index < -0.39 is 0 Å². The Kier molecular flexibility index (Phi) is 5.36. The smallest absolute Gasteiger partial charge is 0.262 e. The third kappa shape index (κ3) is 4.03. The number of hydrogen-bond donors (Lipinski definition) is 0. The van der Waals surface area contributed by atoms with Gasteiger partial charge in [0.25, 0.3) is 5.91 Å². The van der Waals surface area contributed by atoms with Crippen LogP contribution in [0.4, 0.5) is 11.4 Å². The van der Waals surface area contributed by atoms with Gasteiger partial charge >= 0.3 is 0 Å². The van der Waals surface area contributed by atoms with Gasteiger partial charge < -0.3 is 4.90 Å². The molecule has 0 aromatic heterocycles. The van der Waals surface area contributed by atoms with Crippen molar-refractivity contribution < 1.29 is 4.79 Å². The number of rotatable bonds is 4. The molecule has 0 atom stereocenters. The molecule has 0 saturated carbocycles. The zero-order valence-corrected chi connectivity index (χ0v) is 17.9. The predicted molar refractivity (Wildman–Crippen MR) is 125 cm³/mol. The first-order chi connectivity index (χ1) is 14.0. The van der Waals surface area contributed by atoms with E-state index in [1.54, 1.807) is 4.90 Å². The molecule has 0 spiro atoms. The quantitative estimate of drug-likeness (QED) is 0.461. The standard InChI is InChI=1S/C25H21BrN2O/c1-27(2)22-12-14-23(15-13-22)28-24(19-6-4-3-5-7-19)17-20(25(28)29)16-18-8-10-21(26)11-9-18/h3-17H,1-2H3/b20-16+. The fraction of sp³-hybridized carbons (Fsp3) is 0.0800. The van der Waals surface area contributed by atoms with E-state index in [2.05, 4.69) is 15.9 Å². The molecule has 1 aliphatic heterocycles. The van der Waals surface area contributed by atoms with Crippen LogP contribution in [0.1, 0.15) is 11.1 Å². The van der Waals surface area contributed by atoms with Crippen LogP contribution in [0.25, 0.3) is 11.8 Å². The van der Waals surface area contributed by atoms with Crippen molar-refractivity contribution in [2.45, 2.75) is 0 Å². The van der Waals surface area contributed by atoms with Crippen LogP contribution >= 0.6 is 15.9 Å². The zero-order valence-electron chi connectivity index (χ0n) is 16.3. The summed E-state index contributed by atoms with van der Waals surface area (Å²) in [5.74, 6) is -0.0237. The van der Waals surface area contributed by atoms with Gasteiger partial charge in [-0.15, -0.1) is 0 Å². The maximum absolute atomic E-state index is 13.4. The molecule has 0 unspecified atom stereocenters. The Morgan fingerprint density at radius 3 is 2.14 bits per heavy atom. The van der Waals surface area contributed by atoms with Gasteiger partial charge in [0.1, 0.15) is 0 Å². The third-order valence-electron chi connectivity index (χ3n) is 4.87. The second-order valence-electron chi connectivity index (χ2n) is 7.10. The molecule has 0 fully saturated rings. The highest BCUT2D eigenvalue weighted by Crippen LogP contribution is 2.35. The molecule has 3 aromatic carbocycles. The third-order valence-corrected chi connectivity index (χ3v) is 5.40. The molecular formula is C25H21BrN2O. The van der Waals surface area contributed by atoms with Crippen molar-refractivity contribution in [3.8, 4) is 0 Å². The first-order valence-corrected chi connectivity index (χ1v) is 10.2. The molecule has 144 valence electrons. The first kappa shape index (κ1) is 19.2. The van der Waals surface area contributed by atoms with Gasteiger partial charge in [0, 0.05) is 35.5 Å². The number of anilines is 2. The summed E-state index contributed by atoms with van der Waals surface area (Å²) in [7, 11) is 4.01. The largest absolute Gasteiger partial charge is 0.378 e. The molecule has 0 aliphatic carbocycles. The Hall–Kier alpha value is -3.11. The van der Waals surface area contributed by atoms with Crippen molar-refractivity contribution >= 4 is 45.0 Å². The Bertz CT molecular complexity index is 1080. The van der Waals surface area contributed by atoms with Crippen LogP contribution in [-0.4, -0.2) is 20.0 Å². The van der Waals surface area contributed by atoms with Gasteiger partial charge in [-0.25, -0.2) is 0 Å². The van der Waals surface area contributed by atoms with Crippen molar-refractivity contribution in [1.29, 1.82) is 0 Å². The Morgan fingerprint density at radius 2 is 1.52 bits per heavy atom. The SMILES string of the molecule is CN(C)c1ccc(N2C(=O)/C(=C/c3ccc(Br)cc3)C=C2c2ccccc2)cc1. The first-order valence-electron chi connectivity index (χ1n) is 9.39. The van der Waals surface area contributed by atoms with Crippen LogP contribution < -0.4 is 9.80 Å². The number of carbonyl (C=O) groups is 1. The summed E-state index contributed by atoms with van der Waals surface area (Å²) in [6.45, 7) is 0. The number of hydrogen-bond acceptors (Lipinski definition) is 2. The average Bonchev–Trinajstić information content (AvgIpc) is 3.06. The van der Waals surface area contributed by atoms with Crippen LogP contribution in [-0.2, 0) is 4.79 Å². The van der Waals surface area contributed by atoms with E-state index in [4.69, 9.17) is 0 Å². The zero-order chi connectivity index (χ0) is 20.4. The van der Waals surface area contributed by atoms with Crippen LogP contribution in [0.15, 0.2) is 95.0 Å². The van der Waals surface area contributed by atoms with Crippen molar-refractivity contribution in [1.82, 2.24) is 0 Å². The van der Waals surface area contributed by atoms with Crippen LogP contribution in [0.2, 0.25) is 0 Å². The van der Waals surface area contributed by atoms with E-state index >= 15 is 0 Å². The topological polar surface area (TPSA) is 23.6 Å². The van der Waals surface area contributed by atoms with Crippen molar-refractivity contribution in [2.24, 2.45) is 0 Å². The molecule has 1 amide bonds. The van der Waals surface area contributed by atoms with Gasteiger partial charge in [-0.2, -0.15) is 0 Å². The van der Waals surface area contributed by atoms with Gasteiger partial charge in [0.15, 0.2) is 0 Å². The molecule has 1 aliphatic rings. The van der Waals surface area contributed by atoms with Crippen molar-refractivity contribution in [3.63, 3.8) is 0 Å². The molecule has 3 aromatic rings. The van der Waals surface area contributed by atoms with Crippen molar-refractivity contribution in [3.05, 3.63) is 106 Å². The summed E-state index contributed by atoms with van der Waals surface area (Å²) in [5.41, 5.74) is 5.51. The van der Waals surface area contributed by atoms with E-state index in [1.165, 1.54) is 0 Å². The van der Waals surface area contributed by atoms with E-state index in [9.17, 15) is 4.79 Å².